The number of carbonyl (C=O) groups excluding carboxylic acids is 1. The van der Waals surface area contributed by atoms with Gasteiger partial charge in [0.05, 0.1) is 23.8 Å². The van der Waals surface area contributed by atoms with Crippen LogP contribution >= 0.6 is 0 Å². The lowest BCUT2D eigenvalue weighted by Crippen LogP contribution is -2.49. The van der Waals surface area contributed by atoms with E-state index in [1.807, 2.05) is 39.1 Å². The molecule has 1 amide bonds. The number of carboxylic acid groups (broad SMARTS) is 1. The summed E-state index contributed by atoms with van der Waals surface area (Å²) in [7, 11) is 0. The van der Waals surface area contributed by atoms with E-state index in [-0.39, 0.29) is 12.3 Å². The second kappa shape index (κ2) is 7.29. The highest BCUT2D eigenvalue weighted by Gasteiger charge is 2.31. The van der Waals surface area contributed by atoms with Gasteiger partial charge in [-0.15, -0.1) is 0 Å². The topological polar surface area (TPSA) is 84.2 Å². The first-order valence-corrected chi connectivity index (χ1v) is 8.05. The summed E-state index contributed by atoms with van der Waals surface area (Å²) in [6.45, 7) is 5.73. The predicted octanol–water partition coefficient (Wildman–Crippen LogP) is 2.94. The van der Waals surface area contributed by atoms with Crippen molar-refractivity contribution >= 4 is 11.9 Å². The Balaban J connectivity index is 2.15. The maximum absolute atomic E-state index is 12.5. The molecule has 128 valence electrons. The zero-order valence-corrected chi connectivity index (χ0v) is 14.2. The lowest BCUT2D eigenvalue weighted by molar-refractivity contribution is -0.138. The number of rotatable bonds is 7. The Kier molecular flexibility index (Phi) is 5.39. The van der Waals surface area contributed by atoms with Crippen LogP contribution in [0.15, 0.2) is 36.7 Å². The minimum absolute atomic E-state index is 0.0869. The summed E-state index contributed by atoms with van der Waals surface area (Å²) < 4.78 is 1.74. The van der Waals surface area contributed by atoms with Crippen LogP contribution in [0.25, 0.3) is 5.69 Å². The van der Waals surface area contributed by atoms with Crippen LogP contribution in [0.3, 0.4) is 0 Å². The fourth-order valence-electron chi connectivity index (χ4n) is 2.64. The molecule has 0 aliphatic heterocycles. The van der Waals surface area contributed by atoms with E-state index in [0.717, 1.165) is 11.3 Å². The Bertz CT molecular complexity index is 715. The summed E-state index contributed by atoms with van der Waals surface area (Å²) in [6, 6.07) is 7.08. The van der Waals surface area contributed by atoms with Crippen molar-refractivity contribution in [2.75, 3.05) is 0 Å². The summed E-state index contributed by atoms with van der Waals surface area (Å²) in [5.41, 5.74) is 1.70. The van der Waals surface area contributed by atoms with Gasteiger partial charge in [0.15, 0.2) is 0 Å². The summed E-state index contributed by atoms with van der Waals surface area (Å²) >= 11 is 0. The number of nitrogens with one attached hydrogen (secondary N) is 1. The monoisotopic (exact) mass is 329 g/mol. The SMILES string of the molecule is CCC(CC)(CC(=O)O)NC(=O)c1ccc(-n2cc(C)cn2)cc1. The van der Waals surface area contributed by atoms with Crippen molar-refractivity contribution in [2.45, 2.75) is 45.6 Å². The fourth-order valence-corrected chi connectivity index (χ4v) is 2.64. The van der Waals surface area contributed by atoms with Gasteiger partial charge in [-0.1, -0.05) is 13.8 Å². The molecule has 6 nitrogen and oxygen atoms in total. The fraction of sp³-hybridized carbons (Fsp3) is 0.389. The number of nitrogens with zero attached hydrogens (tertiary/aromatic N) is 2. The molecule has 2 aromatic rings. The Morgan fingerprint density at radius 1 is 1.21 bits per heavy atom. The summed E-state index contributed by atoms with van der Waals surface area (Å²) in [5, 5.41) is 16.2. The molecule has 0 unspecified atom stereocenters. The average molecular weight is 329 g/mol. The van der Waals surface area contributed by atoms with Crippen molar-refractivity contribution in [2.24, 2.45) is 0 Å². The minimum atomic E-state index is -0.914. The maximum atomic E-state index is 12.5. The van der Waals surface area contributed by atoms with Gasteiger partial charge in [-0.3, -0.25) is 9.59 Å². The van der Waals surface area contributed by atoms with Gasteiger partial charge in [-0.25, -0.2) is 4.68 Å². The van der Waals surface area contributed by atoms with E-state index in [1.54, 1.807) is 23.0 Å². The van der Waals surface area contributed by atoms with E-state index >= 15 is 0 Å². The molecule has 0 bridgehead atoms. The number of amides is 1. The molecule has 0 saturated heterocycles. The van der Waals surface area contributed by atoms with E-state index in [2.05, 4.69) is 10.4 Å². The first-order valence-electron chi connectivity index (χ1n) is 8.05. The number of benzene rings is 1. The molecule has 1 aromatic heterocycles. The highest BCUT2D eigenvalue weighted by molar-refractivity contribution is 5.95. The molecule has 0 atom stereocenters. The normalized spacial score (nSPS) is 11.3. The highest BCUT2D eigenvalue weighted by atomic mass is 16.4. The maximum Gasteiger partial charge on any atom is 0.305 e. The van der Waals surface area contributed by atoms with Crippen molar-refractivity contribution < 1.29 is 14.7 Å². The first-order chi connectivity index (χ1) is 11.4. The Morgan fingerprint density at radius 3 is 2.29 bits per heavy atom. The predicted molar refractivity (Wildman–Crippen MR) is 91.3 cm³/mol. The van der Waals surface area contributed by atoms with E-state index in [9.17, 15) is 9.59 Å². The molecule has 0 aliphatic rings. The molecular weight excluding hydrogens is 306 g/mol. The molecule has 6 heteroatoms. The number of hydrogen-bond donors (Lipinski definition) is 2. The lowest BCUT2D eigenvalue weighted by Gasteiger charge is -2.31. The van der Waals surface area contributed by atoms with Crippen molar-refractivity contribution in [3.05, 3.63) is 47.8 Å². The molecule has 1 aromatic carbocycles. The zero-order valence-electron chi connectivity index (χ0n) is 14.2. The first kappa shape index (κ1) is 17.7. The number of aryl methyl sites for hydroxylation is 1. The van der Waals surface area contributed by atoms with E-state index < -0.39 is 11.5 Å². The summed E-state index contributed by atoms with van der Waals surface area (Å²) in [5.74, 6) is -1.17. The molecule has 0 spiro atoms. The molecular formula is C18H23N3O3. The zero-order chi connectivity index (χ0) is 17.7. The largest absolute Gasteiger partial charge is 0.481 e. The molecule has 0 saturated carbocycles. The Hall–Kier alpha value is -2.63. The molecule has 1 heterocycles. The van der Waals surface area contributed by atoms with Crippen LogP contribution in [0.1, 0.15) is 49.0 Å². The Morgan fingerprint density at radius 2 is 1.83 bits per heavy atom. The van der Waals surface area contributed by atoms with E-state index in [0.29, 0.717) is 18.4 Å². The molecule has 2 rings (SSSR count). The average Bonchev–Trinajstić information content (AvgIpc) is 3.00. The van der Waals surface area contributed by atoms with Crippen LogP contribution in [-0.2, 0) is 4.79 Å². The van der Waals surface area contributed by atoms with Crippen LogP contribution in [0.2, 0.25) is 0 Å². The van der Waals surface area contributed by atoms with Crippen molar-refractivity contribution in [1.82, 2.24) is 15.1 Å². The van der Waals surface area contributed by atoms with Gasteiger partial charge >= 0.3 is 5.97 Å². The highest BCUT2D eigenvalue weighted by Crippen LogP contribution is 2.21. The number of aliphatic carboxylic acids is 1. The summed E-state index contributed by atoms with van der Waals surface area (Å²) in [6.07, 6.45) is 4.71. The van der Waals surface area contributed by atoms with Gasteiger partial charge in [0.2, 0.25) is 0 Å². The third-order valence-electron chi connectivity index (χ3n) is 4.33. The standard InChI is InChI=1S/C18H23N3O3/c1-4-18(5-2,10-16(22)23)20-17(24)14-6-8-15(9-7-14)21-12-13(3)11-19-21/h6-9,11-12H,4-5,10H2,1-3H3,(H,20,24)(H,22,23). The van der Waals surface area contributed by atoms with Crippen molar-refractivity contribution in [3.63, 3.8) is 0 Å². The van der Waals surface area contributed by atoms with Crippen LogP contribution in [0, 0.1) is 6.92 Å². The third-order valence-corrected chi connectivity index (χ3v) is 4.33. The molecule has 2 N–H and O–H groups in total. The molecule has 0 aliphatic carbocycles. The van der Waals surface area contributed by atoms with Gasteiger partial charge in [0.25, 0.3) is 5.91 Å². The third kappa shape index (κ3) is 4.01. The van der Waals surface area contributed by atoms with Gasteiger partial charge in [-0.2, -0.15) is 5.10 Å². The smallest absolute Gasteiger partial charge is 0.305 e. The molecule has 0 radical (unpaired) electrons. The minimum Gasteiger partial charge on any atom is -0.481 e. The molecule has 24 heavy (non-hydrogen) atoms. The summed E-state index contributed by atoms with van der Waals surface area (Å²) in [4.78, 5) is 23.6. The van der Waals surface area contributed by atoms with Crippen LogP contribution in [0.4, 0.5) is 0 Å². The van der Waals surface area contributed by atoms with Gasteiger partial charge < -0.3 is 10.4 Å². The van der Waals surface area contributed by atoms with E-state index in [1.165, 1.54) is 0 Å². The van der Waals surface area contributed by atoms with E-state index in [4.69, 9.17) is 5.11 Å². The van der Waals surface area contributed by atoms with Crippen molar-refractivity contribution in [3.8, 4) is 5.69 Å². The van der Waals surface area contributed by atoms with Gasteiger partial charge in [0.1, 0.15) is 0 Å². The molecule has 0 fully saturated rings. The number of carboxylic acids is 1. The van der Waals surface area contributed by atoms with Crippen LogP contribution < -0.4 is 5.32 Å². The second-order valence-electron chi connectivity index (χ2n) is 6.02. The Labute approximate surface area is 141 Å². The van der Waals surface area contributed by atoms with Gasteiger partial charge in [-0.05, 0) is 49.6 Å². The number of hydrogen-bond acceptors (Lipinski definition) is 3. The van der Waals surface area contributed by atoms with Crippen LogP contribution in [0.5, 0.6) is 0 Å². The van der Waals surface area contributed by atoms with Crippen LogP contribution in [-0.4, -0.2) is 32.3 Å². The number of carbonyl (C=O) groups is 2. The van der Waals surface area contributed by atoms with Gasteiger partial charge in [0, 0.05) is 11.8 Å². The number of aromatic nitrogens is 2. The van der Waals surface area contributed by atoms with Crippen molar-refractivity contribution in [1.29, 1.82) is 0 Å². The lowest BCUT2D eigenvalue weighted by atomic mass is 9.88. The second-order valence-corrected chi connectivity index (χ2v) is 6.02. The quantitative estimate of drug-likeness (QED) is 0.818.